The number of carbonyl (C=O) groups is 3. The van der Waals surface area contributed by atoms with E-state index in [-0.39, 0.29) is 24.4 Å². The van der Waals surface area contributed by atoms with Gasteiger partial charge in [0, 0.05) is 18.5 Å². The van der Waals surface area contributed by atoms with Crippen LogP contribution in [0.5, 0.6) is 0 Å². The van der Waals surface area contributed by atoms with E-state index in [1.807, 2.05) is 45.0 Å². The molecular formula is C21H29N3O3. The first-order chi connectivity index (χ1) is 12.7. The maximum atomic E-state index is 13.2. The molecule has 27 heavy (non-hydrogen) atoms. The average molecular weight is 371 g/mol. The Labute approximate surface area is 161 Å². The fraction of sp³-hybridized carbons (Fsp3) is 0.571. The van der Waals surface area contributed by atoms with Crippen LogP contribution in [-0.2, 0) is 4.79 Å². The smallest absolute Gasteiger partial charge is 0.297 e. The van der Waals surface area contributed by atoms with Crippen molar-refractivity contribution >= 4 is 29.2 Å². The summed E-state index contributed by atoms with van der Waals surface area (Å²) in [5.74, 6) is -0.0439. The Morgan fingerprint density at radius 3 is 2.19 bits per heavy atom. The molecule has 0 unspecified atom stereocenters. The lowest BCUT2D eigenvalue weighted by Gasteiger charge is -2.35. The second-order valence-electron chi connectivity index (χ2n) is 8.53. The van der Waals surface area contributed by atoms with E-state index in [2.05, 4.69) is 0 Å². The summed E-state index contributed by atoms with van der Waals surface area (Å²) in [5.41, 5.74) is 0.782. The van der Waals surface area contributed by atoms with Gasteiger partial charge in [-0.2, -0.15) is 0 Å². The quantitative estimate of drug-likeness (QED) is 0.789. The maximum absolute atomic E-state index is 13.2. The summed E-state index contributed by atoms with van der Waals surface area (Å²) < 4.78 is 0. The Morgan fingerprint density at radius 1 is 1.00 bits per heavy atom. The highest BCUT2D eigenvalue weighted by Crippen LogP contribution is 2.38. The molecule has 0 N–H and O–H groups in total. The van der Waals surface area contributed by atoms with Gasteiger partial charge in [-0.15, -0.1) is 0 Å². The lowest BCUT2D eigenvalue weighted by Crippen LogP contribution is -2.51. The van der Waals surface area contributed by atoms with Crippen molar-refractivity contribution in [2.45, 2.75) is 58.9 Å². The number of rotatable bonds is 3. The highest BCUT2D eigenvalue weighted by Gasteiger charge is 2.40. The first-order valence-electron chi connectivity index (χ1n) is 9.72. The molecule has 4 amide bonds. The fourth-order valence-corrected chi connectivity index (χ4v) is 3.75. The molecule has 0 saturated heterocycles. The average Bonchev–Trinajstić information content (AvgIpc) is 2.72. The van der Waals surface area contributed by atoms with E-state index in [1.54, 1.807) is 4.90 Å². The summed E-state index contributed by atoms with van der Waals surface area (Å²) in [6.45, 7) is 5.47. The van der Waals surface area contributed by atoms with E-state index in [1.165, 1.54) is 18.4 Å². The summed E-state index contributed by atoms with van der Waals surface area (Å²) >= 11 is 0. The minimum Gasteiger partial charge on any atom is -0.297 e. The lowest BCUT2D eigenvalue weighted by molar-refractivity contribution is -0.124. The number of amides is 4. The van der Waals surface area contributed by atoms with Crippen LogP contribution in [0.2, 0.25) is 0 Å². The van der Waals surface area contributed by atoms with E-state index in [9.17, 15) is 14.4 Å². The second-order valence-corrected chi connectivity index (χ2v) is 8.53. The first-order valence-corrected chi connectivity index (χ1v) is 9.72. The molecule has 0 aromatic heterocycles. The van der Waals surface area contributed by atoms with Crippen molar-refractivity contribution in [1.82, 2.24) is 4.90 Å². The molecule has 1 aromatic rings. The number of nitrogens with zero attached hydrogens (tertiary/aromatic N) is 3. The van der Waals surface area contributed by atoms with Crippen LogP contribution in [-0.4, -0.2) is 42.4 Å². The largest absolute Gasteiger partial charge is 0.332 e. The normalized spacial score (nSPS) is 19.2. The van der Waals surface area contributed by atoms with Crippen LogP contribution in [0.3, 0.4) is 0 Å². The maximum Gasteiger partial charge on any atom is 0.332 e. The van der Waals surface area contributed by atoms with Crippen molar-refractivity contribution in [3.05, 3.63) is 24.3 Å². The Balaban J connectivity index is 2.06. The SMILES string of the molecule is CN1C(=O)N(CC(=O)C(C)(C)C)c2ccccc2N(C2CCCCC2)C1=O. The van der Waals surface area contributed by atoms with Gasteiger partial charge < -0.3 is 0 Å². The second kappa shape index (κ2) is 7.33. The van der Waals surface area contributed by atoms with E-state index in [0.29, 0.717) is 11.4 Å². The van der Waals surface area contributed by atoms with Gasteiger partial charge in [-0.05, 0) is 25.0 Å². The summed E-state index contributed by atoms with van der Waals surface area (Å²) in [4.78, 5) is 43.3. The highest BCUT2D eigenvalue weighted by molar-refractivity contribution is 6.14. The monoisotopic (exact) mass is 371 g/mol. The minimum absolute atomic E-state index is 0.0439. The number of benzene rings is 1. The van der Waals surface area contributed by atoms with E-state index < -0.39 is 11.4 Å². The number of urea groups is 2. The minimum atomic E-state index is -0.562. The van der Waals surface area contributed by atoms with Crippen LogP contribution in [0.15, 0.2) is 24.3 Å². The van der Waals surface area contributed by atoms with Crippen molar-refractivity contribution < 1.29 is 14.4 Å². The van der Waals surface area contributed by atoms with Crippen LogP contribution in [0.1, 0.15) is 52.9 Å². The van der Waals surface area contributed by atoms with Gasteiger partial charge in [-0.25, -0.2) is 14.5 Å². The van der Waals surface area contributed by atoms with Crippen LogP contribution in [0, 0.1) is 5.41 Å². The van der Waals surface area contributed by atoms with Crippen LogP contribution >= 0.6 is 0 Å². The number of fused-ring (bicyclic) bond motifs is 1. The molecule has 0 bridgehead atoms. The molecule has 1 aliphatic heterocycles. The van der Waals surface area contributed by atoms with E-state index in [4.69, 9.17) is 0 Å². The molecule has 146 valence electrons. The molecule has 1 aliphatic carbocycles. The number of hydrogen-bond acceptors (Lipinski definition) is 3. The Bertz CT molecular complexity index is 747. The number of imide groups is 1. The van der Waals surface area contributed by atoms with Gasteiger partial charge in [0.05, 0.1) is 17.9 Å². The fourth-order valence-electron chi connectivity index (χ4n) is 3.75. The van der Waals surface area contributed by atoms with Crippen molar-refractivity contribution in [1.29, 1.82) is 0 Å². The highest BCUT2D eigenvalue weighted by atomic mass is 16.2. The molecule has 0 atom stereocenters. The molecular weight excluding hydrogens is 342 g/mol. The number of hydrogen-bond donors (Lipinski definition) is 0. The Morgan fingerprint density at radius 2 is 1.59 bits per heavy atom. The van der Waals surface area contributed by atoms with Gasteiger partial charge in [0.1, 0.15) is 0 Å². The molecule has 6 nitrogen and oxygen atoms in total. The zero-order valence-electron chi connectivity index (χ0n) is 16.7. The Kier molecular flexibility index (Phi) is 5.27. The zero-order valence-corrected chi connectivity index (χ0v) is 16.7. The zero-order chi connectivity index (χ0) is 19.8. The third-order valence-electron chi connectivity index (χ3n) is 5.52. The van der Waals surface area contributed by atoms with Crippen molar-refractivity contribution in [2.75, 3.05) is 23.4 Å². The van der Waals surface area contributed by atoms with Crippen LogP contribution in [0.25, 0.3) is 0 Å². The van der Waals surface area contributed by atoms with Crippen LogP contribution in [0.4, 0.5) is 21.0 Å². The third-order valence-corrected chi connectivity index (χ3v) is 5.52. The summed E-state index contributed by atoms with van der Waals surface area (Å²) in [6.07, 6.45) is 5.22. The van der Waals surface area contributed by atoms with Gasteiger partial charge in [0.15, 0.2) is 5.78 Å². The molecule has 1 fully saturated rings. The molecule has 6 heteroatoms. The molecule has 0 radical (unpaired) electrons. The van der Waals surface area contributed by atoms with Crippen LogP contribution < -0.4 is 9.80 Å². The summed E-state index contributed by atoms with van der Waals surface area (Å²) in [7, 11) is 1.50. The molecule has 3 rings (SSSR count). The van der Waals surface area contributed by atoms with Gasteiger partial charge in [-0.3, -0.25) is 14.6 Å². The van der Waals surface area contributed by atoms with Gasteiger partial charge in [0.2, 0.25) is 0 Å². The van der Waals surface area contributed by atoms with E-state index in [0.717, 1.165) is 30.6 Å². The van der Waals surface area contributed by atoms with Crippen molar-refractivity contribution in [3.8, 4) is 0 Å². The van der Waals surface area contributed by atoms with Gasteiger partial charge in [-0.1, -0.05) is 52.2 Å². The topological polar surface area (TPSA) is 60.9 Å². The molecule has 1 saturated carbocycles. The predicted octanol–water partition coefficient (Wildman–Crippen LogP) is 4.43. The standard InChI is InChI=1S/C21H29N3O3/c1-21(2,3)18(25)14-23-16-12-8-9-13-17(16)24(15-10-6-5-7-11-15)20(27)22(4)19(23)26/h8-9,12-13,15H,5-7,10-11,14H2,1-4H3. The third kappa shape index (κ3) is 3.70. The molecule has 1 heterocycles. The number of ketones is 1. The molecule has 0 spiro atoms. The van der Waals surface area contributed by atoms with E-state index >= 15 is 0 Å². The van der Waals surface area contributed by atoms with Gasteiger partial charge >= 0.3 is 12.1 Å². The lowest BCUT2D eigenvalue weighted by atomic mass is 9.90. The Hall–Kier alpha value is -2.37. The van der Waals surface area contributed by atoms with Crippen molar-refractivity contribution in [3.63, 3.8) is 0 Å². The predicted molar refractivity (Wildman–Crippen MR) is 106 cm³/mol. The number of anilines is 2. The number of para-hydroxylation sites is 2. The first kappa shape index (κ1) is 19.4. The number of Topliss-reactive ketones (excluding diaryl/α,β-unsaturated/α-hetero) is 1. The summed E-state index contributed by atoms with van der Waals surface area (Å²) in [6, 6.07) is 6.74. The van der Waals surface area contributed by atoms with Crippen molar-refractivity contribution in [2.24, 2.45) is 5.41 Å². The molecule has 1 aromatic carbocycles. The molecule has 2 aliphatic rings. The number of carbonyl (C=O) groups excluding carboxylic acids is 3. The summed E-state index contributed by atoms with van der Waals surface area (Å²) in [5, 5.41) is 0. The van der Waals surface area contributed by atoms with Gasteiger partial charge in [0.25, 0.3) is 0 Å².